The van der Waals surface area contributed by atoms with Gasteiger partial charge < -0.3 is 0 Å². The van der Waals surface area contributed by atoms with Gasteiger partial charge in [-0.2, -0.15) is 11.8 Å². The van der Waals surface area contributed by atoms with E-state index in [-0.39, 0.29) is 5.91 Å². The van der Waals surface area contributed by atoms with Crippen LogP contribution in [0.5, 0.6) is 0 Å². The van der Waals surface area contributed by atoms with Crippen molar-refractivity contribution in [1.29, 1.82) is 0 Å². The minimum absolute atomic E-state index is 0.245. The lowest BCUT2D eigenvalue weighted by Gasteiger charge is -2.26. The van der Waals surface area contributed by atoms with E-state index in [4.69, 9.17) is 5.84 Å². The Morgan fingerprint density at radius 1 is 1.29 bits per heavy atom. The van der Waals surface area contributed by atoms with Crippen molar-refractivity contribution in [2.24, 2.45) is 5.84 Å². The van der Waals surface area contributed by atoms with Crippen molar-refractivity contribution in [2.45, 2.75) is 6.54 Å². The molecule has 0 atom stereocenters. The van der Waals surface area contributed by atoms with Crippen LogP contribution in [0.4, 0.5) is 0 Å². The van der Waals surface area contributed by atoms with Crippen molar-refractivity contribution in [2.75, 3.05) is 24.6 Å². The summed E-state index contributed by atoms with van der Waals surface area (Å²) in [7, 11) is 0. The molecule has 4 nitrogen and oxygen atoms in total. The molecule has 0 bridgehead atoms. The highest BCUT2D eigenvalue weighted by molar-refractivity contribution is 7.99. The van der Waals surface area contributed by atoms with E-state index in [0.29, 0.717) is 5.56 Å². The minimum atomic E-state index is -0.245. The molecule has 1 aliphatic rings. The Morgan fingerprint density at radius 2 is 1.94 bits per heavy atom. The van der Waals surface area contributed by atoms with Gasteiger partial charge in [0.1, 0.15) is 0 Å². The van der Waals surface area contributed by atoms with Gasteiger partial charge in [-0.05, 0) is 17.7 Å². The topological polar surface area (TPSA) is 58.4 Å². The molecule has 1 aliphatic heterocycles. The lowest BCUT2D eigenvalue weighted by molar-refractivity contribution is 0.0953. The van der Waals surface area contributed by atoms with Gasteiger partial charge in [0.05, 0.1) is 0 Å². The van der Waals surface area contributed by atoms with E-state index in [0.717, 1.165) is 19.6 Å². The van der Waals surface area contributed by atoms with Gasteiger partial charge in [0, 0.05) is 36.7 Å². The van der Waals surface area contributed by atoms with Crippen LogP contribution in [0.3, 0.4) is 0 Å². The molecule has 0 unspecified atom stereocenters. The Kier molecular flexibility index (Phi) is 4.42. The van der Waals surface area contributed by atoms with Crippen LogP contribution in [0, 0.1) is 0 Å². The summed E-state index contributed by atoms with van der Waals surface area (Å²) in [6, 6.07) is 7.62. The standard InChI is InChI=1S/C12H17N3OS/c13-14-12(16)11-3-1-10(2-4-11)9-15-5-7-17-8-6-15/h1-4H,5-9,13H2,(H,14,16). The monoisotopic (exact) mass is 251 g/mol. The van der Waals surface area contributed by atoms with Crippen LogP contribution in [0.2, 0.25) is 0 Å². The van der Waals surface area contributed by atoms with Crippen LogP contribution in [-0.4, -0.2) is 35.4 Å². The maximum atomic E-state index is 11.3. The fourth-order valence-corrected chi connectivity index (χ4v) is 2.84. The summed E-state index contributed by atoms with van der Waals surface area (Å²) in [5, 5.41) is 0. The SMILES string of the molecule is NNC(=O)c1ccc(CN2CCSCC2)cc1. The molecule has 92 valence electrons. The number of hydrazine groups is 1. The number of amides is 1. The average Bonchev–Trinajstić information content (AvgIpc) is 2.40. The van der Waals surface area contributed by atoms with E-state index in [9.17, 15) is 4.79 Å². The molecular formula is C12H17N3OS. The zero-order valence-electron chi connectivity index (χ0n) is 9.69. The highest BCUT2D eigenvalue weighted by Gasteiger charge is 2.10. The van der Waals surface area contributed by atoms with Crippen molar-refractivity contribution >= 4 is 17.7 Å². The van der Waals surface area contributed by atoms with E-state index in [1.54, 1.807) is 0 Å². The Balaban J connectivity index is 1.95. The number of nitrogens with zero attached hydrogens (tertiary/aromatic N) is 1. The quantitative estimate of drug-likeness (QED) is 0.475. The van der Waals surface area contributed by atoms with E-state index in [1.807, 2.05) is 36.0 Å². The summed E-state index contributed by atoms with van der Waals surface area (Å²) in [6.45, 7) is 3.26. The van der Waals surface area contributed by atoms with Crippen LogP contribution in [0.25, 0.3) is 0 Å². The molecule has 0 radical (unpaired) electrons. The first kappa shape index (κ1) is 12.4. The Morgan fingerprint density at radius 3 is 2.53 bits per heavy atom. The third-order valence-corrected chi connectivity index (χ3v) is 3.80. The number of nitrogens with one attached hydrogen (secondary N) is 1. The number of benzene rings is 1. The van der Waals surface area contributed by atoms with E-state index < -0.39 is 0 Å². The number of carbonyl (C=O) groups excluding carboxylic acids is 1. The fourth-order valence-electron chi connectivity index (χ4n) is 1.86. The van der Waals surface area contributed by atoms with Crippen LogP contribution in [-0.2, 0) is 6.54 Å². The Bertz CT molecular complexity index is 374. The number of thioether (sulfide) groups is 1. The average molecular weight is 251 g/mol. The number of rotatable bonds is 3. The number of carbonyl (C=O) groups is 1. The van der Waals surface area contributed by atoms with Gasteiger partial charge in [0.15, 0.2) is 0 Å². The molecule has 3 N–H and O–H groups in total. The van der Waals surface area contributed by atoms with Gasteiger partial charge in [0.2, 0.25) is 0 Å². The van der Waals surface area contributed by atoms with E-state index in [1.165, 1.54) is 17.1 Å². The molecule has 17 heavy (non-hydrogen) atoms. The summed E-state index contributed by atoms with van der Waals surface area (Å²) in [5.41, 5.74) is 3.97. The highest BCUT2D eigenvalue weighted by atomic mass is 32.2. The normalized spacial score (nSPS) is 16.8. The number of hydrogen-bond donors (Lipinski definition) is 2. The van der Waals surface area contributed by atoms with E-state index >= 15 is 0 Å². The van der Waals surface area contributed by atoms with Gasteiger partial charge in [-0.1, -0.05) is 12.1 Å². The molecule has 1 heterocycles. The Labute approximate surface area is 106 Å². The molecule has 1 amide bonds. The number of hydrogen-bond acceptors (Lipinski definition) is 4. The second kappa shape index (κ2) is 6.05. The zero-order valence-corrected chi connectivity index (χ0v) is 10.5. The largest absolute Gasteiger partial charge is 0.297 e. The summed E-state index contributed by atoms with van der Waals surface area (Å²) in [6.07, 6.45) is 0. The predicted molar refractivity (Wildman–Crippen MR) is 70.7 cm³/mol. The Hall–Kier alpha value is -1.04. The predicted octanol–water partition coefficient (Wildman–Crippen LogP) is 0.839. The maximum absolute atomic E-state index is 11.3. The molecule has 1 aromatic carbocycles. The molecule has 2 rings (SSSR count). The first-order chi connectivity index (χ1) is 8.29. The molecule has 0 aliphatic carbocycles. The van der Waals surface area contributed by atoms with Crippen molar-refractivity contribution in [3.8, 4) is 0 Å². The minimum Gasteiger partial charge on any atom is -0.297 e. The van der Waals surface area contributed by atoms with Gasteiger partial charge in [-0.3, -0.25) is 15.1 Å². The van der Waals surface area contributed by atoms with Crippen LogP contribution in [0.15, 0.2) is 24.3 Å². The van der Waals surface area contributed by atoms with Crippen molar-refractivity contribution in [3.05, 3.63) is 35.4 Å². The number of nitrogen functional groups attached to an aromatic ring is 1. The molecule has 0 aromatic heterocycles. The van der Waals surface area contributed by atoms with Gasteiger partial charge in [0.25, 0.3) is 5.91 Å². The highest BCUT2D eigenvalue weighted by Crippen LogP contribution is 2.13. The summed E-state index contributed by atoms with van der Waals surface area (Å²) >= 11 is 2.01. The first-order valence-electron chi connectivity index (χ1n) is 5.69. The molecule has 1 fully saturated rings. The lowest BCUT2D eigenvalue weighted by atomic mass is 10.1. The lowest BCUT2D eigenvalue weighted by Crippen LogP contribution is -2.32. The zero-order chi connectivity index (χ0) is 12.1. The third kappa shape index (κ3) is 3.46. The van der Waals surface area contributed by atoms with Gasteiger partial charge in [-0.25, -0.2) is 5.84 Å². The van der Waals surface area contributed by atoms with Crippen molar-refractivity contribution in [1.82, 2.24) is 10.3 Å². The summed E-state index contributed by atoms with van der Waals surface area (Å²) in [4.78, 5) is 13.7. The fraction of sp³-hybridized carbons (Fsp3) is 0.417. The third-order valence-electron chi connectivity index (χ3n) is 2.86. The second-order valence-electron chi connectivity index (χ2n) is 4.06. The van der Waals surface area contributed by atoms with Crippen molar-refractivity contribution < 1.29 is 4.79 Å². The molecule has 5 heteroatoms. The maximum Gasteiger partial charge on any atom is 0.265 e. The van der Waals surface area contributed by atoms with Crippen LogP contribution < -0.4 is 11.3 Å². The molecule has 1 aromatic rings. The number of nitrogens with two attached hydrogens (primary N) is 1. The van der Waals surface area contributed by atoms with Gasteiger partial charge in [-0.15, -0.1) is 0 Å². The molecular weight excluding hydrogens is 234 g/mol. The second-order valence-corrected chi connectivity index (χ2v) is 5.28. The smallest absolute Gasteiger partial charge is 0.265 e. The van der Waals surface area contributed by atoms with Crippen LogP contribution in [0.1, 0.15) is 15.9 Å². The van der Waals surface area contributed by atoms with E-state index in [2.05, 4.69) is 10.3 Å². The van der Waals surface area contributed by atoms with Gasteiger partial charge >= 0.3 is 0 Å². The molecule has 0 saturated carbocycles. The molecule has 0 spiro atoms. The van der Waals surface area contributed by atoms with Crippen molar-refractivity contribution in [3.63, 3.8) is 0 Å². The first-order valence-corrected chi connectivity index (χ1v) is 6.85. The molecule has 1 saturated heterocycles. The van der Waals surface area contributed by atoms with Crippen LogP contribution >= 0.6 is 11.8 Å². The summed E-state index contributed by atoms with van der Waals surface area (Å²) in [5.74, 6) is 7.27. The summed E-state index contributed by atoms with van der Waals surface area (Å²) < 4.78 is 0.